The Labute approximate surface area is 158 Å². The minimum atomic E-state index is 0.0484. The highest BCUT2D eigenvalue weighted by molar-refractivity contribution is 7.09. The maximum atomic E-state index is 12.5. The van der Waals surface area contributed by atoms with Gasteiger partial charge in [0.1, 0.15) is 5.82 Å². The van der Waals surface area contributed by atoms with Gasteiger partial charge in [0.25, 0.3) is 0 Å². The highest BCUT2D eigenvalue weighted by Gasteiger charge is 2.26. The van der Waals surface area contributed by atoms with Gasteiger partial charge >= 0.3 is 0 Å². The van der Waals surface area contributed by atoms with Crippen LogP contribution in [0.15, 0.2) is 29.8 Å². The number of anilines is 1. The van der Waals surface area contributed by atoms with E-state index in [-0.39, 0.29) is 5.91 Å². The summed E-state index contributed by atoms with van der Waals surface area (Å²) in [4.78, 5) is 18.6. The molecule has 1 N–H and O–H groups in total. The molecule has 2 aromatic rings. The summed E-state index contributed by atoms with van der Waals surface area (Å²) in [7, 11) is 0. The number of nitrogens with zero attached hydrogens (tertiary/aromatic N) is 4. The number of rotatable bonds is 6. The average Bonchev–Trinajstić information content (AvgIpc) is 3.40. The molecule has 140 valence electrons. The number of thiophene rings is 1. The second-order valence-corrected chi connectivity index (χ2v) is 8.28. The molecule has 1 aliphatic heterocycles. The van der Waals surface area contributed by atoms with Crippen molar-refractivity contribution in [3.05, 3.63) is 34.7 Å². The summed E-state index contributed by atoms with van der Waals surface area (Å²) in [5.41, 5.74) is 0. The molecule has 4 rings (SSSR count). The first-order chi connectivity index (χ1) is 12.8. The molecule has 2 aliphatic rings. The predicted molar refractivity (Wildman–Crippen MR) is 105 cm³/mol. The predicted octanol–water partition coefficient (Wildman–Crippen LogP) is 2.49. The monoisotopic (exact) mass is 373 g/mol. The van der Waals surface area contributed by atoms with E-state index in [0.717, 1.165) is 38.0 Å². The number of hydrogen-bond donors (Lipinski definition) is 1. The Morgan fingerprint density at radius 3 is 2.73 bits per heavy atom. The van der Waals surface area contributed by atoms with Gasteiger partial charge in [-0.15, -0.1) is 11.3 Å². The van der Waals surface area contributed by atoms with E-state index in [1.165, 1.54) is 30.6 Å². The SMILES string of the molecule is O=C(CN1CCN(C2CCCC2)CC1)Nc1ccnn1Cc1cccs1. The fourth-order valence-electron chi connectivity index (χ4n) is 4.06. The Kier molecular flexibility index (Phi) is 5.67. The van der Waals surface area contributed by atoms with Crippen LogP contribution in [-0.4, -0.2) is 64.3 Å². The van der Waals surface area contributed by atoms with E-state index in [1.807, 2.05) is 16.8 Å². The van der Waals surface area contributed by atoms with E-state index < -0.39 is 0 Å². The number of amides is 1. The van der Waals surface area contributed by atoms with Crippen molar-refractivity contribution < 1.29 is 4.79 Å². The molecule has 2 fully saturated rings. The first kappa shape index (κ1) is 17.7. The van der Waals surface area contributed by atoms with Gasteiger partial charge in [0, 0.05) is 43.2 Å². The largest absolute Gasteiger partial charge is 0.310 e. The van der Waals surface area contributed by atoms with Gasteiger partial charge < -0.3 is 5.32 Å². The van der Waals surface area contributed by atoms with Crippen LogP contribution in [-0.2, 0) is 11.3 Å². The van der Waals surface area contributed by atoms with E-state index >= 15 is 0 Å². The standard InChI is InChI=1S/C19H27N5OS/c25-19(15-22-9-11-23(12-10-22)16-4-1-2-5-16)21-18-7-8-20-24(18)14-17-6-3-13-26-17/h3,6-8,13,16H,1-2,4-5,9-12,14-15H2,(H,21,25). The van der Waals surface area contributed by atoms with Crippen LogP contribution in [0, 0.1) is 0 Å². The van der Waals surface area contributed by atoms with E-state index in [4.69, 9.17) is 0 Å². The normalized spacial score (nSPS) is 19.8. The van der Waals surface area contributed by atoms with Crippen molar-refractivity contribution in [1.29, 1.82) is 0 Å². The molecule has 0 bridgehead atoms. The molecule has 6 nitrogen and oxygen atoms in total. The minimum absolute atomic E-state index is 0.0484. The molecule has 0 atom stereocenters. The molecule has 1 saturated heterocycles. The molecular weight excluding hydrogens is 346 g/mol. The Hall–Kier alpha value is -1.70. The number of piperazine rings is 1. The zero-order valence-corrected chi connectivity index (χ0v) is 16.0. The first-order valence-electron chi connectivity index (χ1n) is 9.58. The molecular formula is C19H27N5OS. The molecule has 2 aromatic heterocycles. The van der Waals surface area contributed by atoms with E-state index in [2.05, 4.69) is 31.7 Å². The van der Waals surface area contributed by atoms with Crippen LogP contribution in [0.2, 0.25) is 0 Å². The Morgan fingerprint density at radius 2 is 2.00 bits per heavy atom. The van der Waals surface area contributed by atoms with Gasteiger partial charge in [-0.1, -0.05) is 18.9 Å². The molecule has 1 aliphatic carbocycles. The lowest BCUT2D eigenvalue weighted by molar-refractivity contribution is -0.117. The summed E-state index contributed by atoms with van der Waals surface area (Å²) >= 11 is 1.70. The van der Waals surface area contributed by atoms with Gasteiger partial charge in [0.05, 0.1) is 19.3 Å². The van der Waals surface area contributed by atoms with Crippen LogP contribution in [0.3, 0.4) is 0 Å². The van der Waals surface area contributed by atoms with Gasteiger partial charge in [0.15, 0.2) is 0 Å². The molecule has 0 spiro atoms. The molecule has 1 amide bonds. The summed E-state index contributed by atoms with van der Waals surface area (Å²) in [6, 6.07) is 6.77. The second-order valence-electron chi connectivity index (χ2n) is 7.25. The lowest BCUT2D eigenvalue weighted by Gasteiger charge is -2.37. The molecule has 1 saturated carbocycles. The third-order valence-corrected chi connectivity index (χ3v) is 6.35. The van der Waals surface area contributed by atoms with Crippen LogP contribution in [0.1, 0.15) is 30.6 Å². The Balaban J connectivity index is 1.25. The van der Waals surface area contributed by atoms with Crippen molar-refractivity contribution in [3.8, 4) is 0 Å². The molecule has 3 heterocycles. The summed E-state index contributed by atoms with van der Waals surface area (Å²) in [6.07, 6.45) is 7.21. The van der Waals surface area contributed by atoms with Gasteiger partial charge in [-0.05, 0) is 24.3 Å². The zero-order chi connectivity index (χ0) is 17.8. The van der Waals surface area contributed by atoms with Crippen molar-refractivity contribution >= 4 is 23.1 Å². The highest BCUT2D eigenvalue weighted by Crippen LogP contribution is 2.24. The van der Waals surface area contributed by atoms with Crippen LogP contribution in [0.5, 0.6) is 0 Å². The topological polar surface area (TPSA) is 53.4 Å². The maximum absolute atomic E-state index is 12.5. The number of hydrogen-bond acceptors (Lipinski definition) is 5. The third-order valence-electron chi connectivity index (χ3n) is 5.48. The van der Waals surface area contributed by atoms with E-state index in [9.17, 15) is 4.79 Å². The number of nitrogens with one attached hydrogen (secondary N) is 1. The molecule has 26 heavy (non-hydrogen) atoms. The maximum Gasteiger partial charge on any atom is 0.239 e. The second kappa shape index (κ2) is 8.33. The summed E-state index contributed by atoms with van der Waals surface area (Å²) in [5, 5.41) is 9.42. The molecule has 0 radical (unpaired) electrons. The van der Waals surface area contributed by atoms with Gasteiger partial charge in [-0.25, -0.2) is 4.68 Å². The zero-order valence-electron chi connectivity index (χ0n) is 15.1. The number of aromatic nitrogens is 2. The summed E-state index contributed by atoms with van der Waals surface area (Å²) < 4.78 is 1.85. The number of carbonyl (C=O) groups is 1. The van der Waals surface area contributed by atoms with Gasteiger partial charge in [-0.2, -0.15) is 5.10 Å². The van der Waals surface area contributed by atoms with Crippen molar-refractivity contribution in [3.63, 3.8) is 0 Å². The summed E-state index contributed by atoms with van der Waals surface area (Å²) in [6.45, 7) is 5.31. The van der Waals surface area contributed by atoms with Crippen LogP contribution >= 0.6 is 11.3 Å². The van der Waals surface area contributed by atoms with Crippen molar-refractivity contribution in [2.45, 2.75) is 38.3 Å². The van der Waals surface area contributed by atoms with Crippen molar-refractivity contribution in [1.82, 2.24) is 19.6 Å². The summed E-state index contributed by atoms with van der Waals surface area (Å²) in [5.74, 6) is 0.820. The molecule has 7 heteroatoms. The third kappa shape index (κ3) is 4.34. The lowest BCUT2D eigenvalue weighted by Crippen LogP contribution is -2.51. The van der Waals surface area contributed by atoms with Crippen molar-refractivity contribution in [2.24, 2.45) is 0 Å². The van der Waals surface area contributed by atoms with Crippen molar-refractivity contribution in [2.75, 3.05) is 38.0 Å². The quantitative estimate of drug-likeness (QED) is 0.845. The van der Waals surface area contributed by atoms with Crippen LogP contribution < -0.4 is 5.32 Å². The average molecular weight is 374 g/mol. The highest BCUT2D eigenvalue weighted by atomic mass is 32.1. The molecule has 0 unspecified atom stereocenters. The number of carbonyl (C=O) groups excluding carboxylic acids is 1. The smallest absolute Gasteiger partial charge is 0.239 e. The lowest BCUT2D eigenvalue weighted by atomic mass is 10.2. The van der Waals surface area contributed by atoms with Crippen LogP contribution in [0.25, 0.3) is 0 Å². The van der Waals surface area contributed by atoms with E-state index in [0.29, 0.717) is 13.1 Å². The van der Waals surface area contributed by atoms with Gasteiger partial charge in [-0.3, -0.25) is 14.6 Å². The van der Waals surface area contributed by atoms with Gasteiger partial charge in [0.2, 0.25) is 5.91 Å². The van der Waals surface area contributed by atoms with Crippen LogP contribution in [0.4, 0.5) is 5.82 Å². The van der Waals surface area contributed by atoms with E-state index in [1.54, 1.807) is 17.5 Å². The minimum Gasteiger partial charge on any atom is -0.310 e. The Morgan fingerprint density at radius 1 is 1.19 bits per heavy atom. The fourth-order valence-corrected chi connectivity index (χ4v) is 4.74. The Bertz CT molecular complexity index is 699. The first-order valence-corrected chi connectivity index (χ1v) is 10.5. The fraction of sp³-hybridized carbons (Fsp3) is 0.579. The molecule has 0 aromatic carbocycles.